The van der Waals surface area contributed by atoms with Crippen LogP contribution in [0.2, 0.25) is 0 Å². The largest absolute Gasteiger partial charge is 0.493 e. The molecule has 6 aliphatic rings. The van der Waals surface area contributed by atoms with E-state index < -0.39 is 0 Å². The molecule has 4 bridgehead atoms. The molecule has 5 nitrogen and oxygen atoms in total. The lowest BCUT2D eigenvalue weighted by atomic mass is 9.46. The molecular formula is C36H40N2O3. The van der Waals surface area contributed by atoms with Gasteiger partial charge in [0.2, 0.25) is 0 Å². The van der Waals surface area contributed by atoms with Crippen molar-refractivity contribution in [3.63, 3.8) is 0 Å². The molecule has 0 amide bonds. The van der Waals surface area contributed by atoms with Gasteiger partial charge in [-0.05, 0) is 80.3 Å². The molecule has 2 saturated carbocycles. The smallest absolute Gasteiger partial charge is 0.173 e. The number of rotatable bonds is 7. The molecule has 5 heteroatoms. The van der Waals surface area contributed by atoms with Gasteiger partial charge in [-0.3, -0.25) is 9.80 Å². The number of likely N-dealkylation sites (tertiary alicyclic amines) is 2. The van der Waals surface area contributed by atoms with E-state index in [0.29, 0.717) is 18.0 Å². The number of para-hydroxylation sites is 1. The minimum Gasteiger partial charge on any atom is -0.493 e. The number of ether oxygens (including phenoxy) is 3. The van der Waals surface area contributed by atoms with Crippen molar-refractivity contribution in [3.05, 3.63) is 89.5 Å². The van der Waals surface area contributed by atoms with Crippen LogP contribution in [0.1, 0.15) is 48.8 Å². The number of benzene rings is 3. The van der Waals surface area contributed by atoms with E-state index in [2.05, 4.69) is 76.5 Å². The van der Waals surface area contributed by atoms with Crippen molar-refractivity contribution in [1.82, 2.24) is 9.80 Å². The summed E-state index contributed by atoms with van der Waals surface area (Å²) in [6.07, 6.45) is 7.58. The van der Waals surface area contributed by atoms with Gasteiger partial charge in [-0.2, -0.15) is 0 Å². The normalized spacial score (nSPS) is 35.1. The highest BCUT2D eigenvalue weighted by molar-refractivity contribution is 5.62. The van der Waals surface area contributed by atoms with Gasteiger partial charge in [0.15, 0.2) is 11.5 Å². The summed E-state index contributed by atoms with van der Waals surface area (Å²) in [5.41, 5.74) is 4.03. The van der Waals surface area contributed by atoms with Crippen molar-refractivity contribution in [1.29, 1.82) is 0 Å². The number of piperidine rings is 1. The second-order valence-corrected chi connectivity index (χ2v) is 13.5. The third-order valence-electron chi connectivity index (χ3n) is 11.6. The van der Waals surface area contributed by atoms with E-state index in [-0.39, 0.29) is 17.1 Å². The van der Waals surface area contributed by atoms with Gasteiger partial charge in [0.25, 0.3) is 0 Å². The van der Waals surface area contributed by atoms with Crippen LogP contribution in [0, 0.1) is 11.8 Å². The van der Waals surface area contributed by atoms with Crippen LogP contribution < -0.4 is 9.47 Å². The Kier molecular flexibility index (Phi) is 5.47. The summed E-state index contributed by atoms with van der Waals surface area (Å²) in [4.78, 5) is 5.60. The van der Waals surface area contributed by atoms with Crippen LogP contribution in [0.3, 0.4) is 0 Å². The SMILES string of the molecule is COc1ccc2c(c1Oc1ccccc1)[C@]13CCN(CC4CC4)[C@H](C2)[C@]12CC[C@@H]1[C@H]3[C@@H](CN1Cc1ccccc1)O2. The molecule has 0 spiro atoms. The van der Waals surface area contributed by atoms with Crippen LogP contribution in [0.5, 0.6) is 17.2 Å². The monoisotopic (exact) mass is 548 g/mol. The molecule has 3 aromatic carbocycles. The van der Waals surface area contributed by atoms with E-state index in [4.69, 9.17) is 14.2 Å². The lowest BCUT2D eigenvalue weighted by molar-refractivity contribution is -0.174. The topological polar surface area (TPSA) is 34.2 Å². The summed E-state index contributed by atoms with van der Waals surface area (Å²) in [5, 5.41) is 0. The Hall–Kier alpha value is -2.86. The quantitative estimate of drug-likeness (QED) is 0.351. The van der Waals surface area contributed by atoms with Gasteiger partial charge in [0, 0.05) is 48.6 Å². The summed E-state index contributed by atoms with van der Waals surface area (Å²) in [5.74, 6) is 3.99. The van der Waals surface area contributed by atoms with Gasteiger partial charge in [-0.15, -0.1) is 0 Å². The number of hydrogen-bond donors (Lipinski definition) is 0. The fourth-order valence-electron chi connectivity index (χ4n) is 10.1. The maximum Gasteiger partial charge on any atom is 0.173 e. The van der Waals surface area contributed by atoms with E-state index in [9.17, 15) is 0 Å². The molecule has 3 saturated heterocycles. The highest BCUT2D eigenvalue weighted by atomic mass is 16.5. The van der Waals surface area contributed by atoms with Gasteiger partial charge in [0.1, 0.15) is 5.75 Å². The first kappa shape index (κ1) is 24.7. The van der Waals surface area contributed by atoms with Gasteiger partial charge >= 0.3 is 0 Å². The minimum atomic E-state index is -0.154. The van der Waals surface area contributed by atoms with E-state index in [1.165, 1.54) is 42.5 Å². The summed E-state index contributed by atoms with van der Waals surface area (Å²) in [7, 11) is 1.79. The van der Waals surface area contributed by atoms with E-state index in [1.54, 1.807) is 7.11 Å². The second-order valence-electron chi connectivity index (χ2n) is 13.5. The Balaban J connectivity index is 1.20. The van der Waals surface area contributed by atoms with Crippen molar-refractivity contribution < 1.29 is 14.2 Å². The van der Waals surface area contributed by atoms with Crippen molar-refractivity contribution in [2.24, 2.45) is 11.8 Å². The summed E-state index contributed by atoms with van der Waals surface area (Å²) in [6.45, 7) is 4.42. The molecule has 3 aliphatic heterocycles. The zero-order chi connectivity index (χ0) is 27.2. The Morgan fingerprint density at radius 1 is 0.902 bits per heavy atom. The molecule has 9 rings (SSSR count). The zero-order valence-corrected chi connectivity index (χ0v) is 24.0. The Labute approximate surface area is 243 Å². The van der Waals surface area contributed by atoms with E-state index >= 15 is 0 Å². The second kappa shape index (κ2) is 9.07. The van der Waals surface area contributed by atoms with Gasteiger partial charge in [0.05, 0.1) is 18.8 Å². The first-order valence-electron chi connectivity index (χ1n) is 15.8. The standard InChI is InChI=1S/C36H40N2O3/c1-39-29-15-14-26-20-31-36-17-16-28-33(30(41-36)23-38(28)22-24-8-4-2-5-9-24)35(36,18-19-37(31)21-25-12-13-25)32(26)34(29)40-27-10-6-3-7-11-27/h2-11,14-15,25,28,30-31,33H,12-13,16-23H2,1H3/t28-,30-,31-,33+,35+,36-/m1/s1. The van der Waals surface area contributed by atoms with E-state index in [0.717, 1.165) is 62.1 Å². The molecule has 41 heavy (non-hydrogen) atoms. The maximum absolute atomic E-state index is 7.58. The van der Waals surface area contributed by atoms with E-state index in [1.807, 2.05) is 6.07 Å². The van der Waals surface area contributed by atoms with Crippen molar-refractivity contribution >= 4 is 0 Å². The average molecular weight is 549 g/mol. The van der Waals surface area contributed by atoms with Crippen LogP contribution in [0.4, 0.5) is 0 Å². The molecule has 3 aliphatic carbocycles. The average Bonchev–Trinajstić information content (AvgIpc) is 3.71. The summed E-state index contributed by atoms with van der Waals surface area (Å²) >= 11 is 0. The Morgan fingerprint density at radius 3 is 2.49 bits per heavy atom. The van der Waals surface area contributed by atoms with Gasteiger partial charge < -0.3 is 14.2 Å². The molecule has 3 heterocycles. The third kappa shape index (κ3) is 3.46. The summed E-state index contributed by atoms with van der Waals surface area (Å²) < 4.78 is 20.5. The highest BCUT2D eigenvalue weighted by Gasteiger charge is 2.78. The predicted octanol–water partition coefficient (Wildman–Crippen LogP) is 6.20. The highest BCUT2D eigenvalue weighted by Crippen LogP contribution is 2.71. The molecule has 212 valence electrons. The number of hydrogen-bond acceptors (Lipinski definition) is 5. The molecule has 0 radical (unpaired) electrons. The van der Waals surface area contributed by atoms with Crippen LogP contribution in [0.15, 0.2) is 72.8 Å². The molecule has 0 unspecified atom stereocenters. The number of methoxy groups -OCH3 is 1. The Morgan fingerprint density at radius 2 is 1.71 bits per heavy atom. The molecule has 5 fully saturated rings. The molecular weight excluding hydrogens is 508 g/mol. The first-order chi connectivity index (χ1) is 20.2. The molecule has 3 aromatic rings. The fraction of sp³-hybridized carbons (Fsp3) is 0.500. The van der Waals surface area contributed by atoms with Crippen molar-refractivity contribution in [3.8, 4) is 17.2 Å². The van der Waals surface area contributed by atoms with Crippen LogP contribution in [-0.4, -0.2) is 60.3 Å². The van der Waals surface area contributed by atoms with Crippen molar-refractivity contribution in [2.45, 2.75) is 74.3 Å². The van der Waals surface area contributed by atoms with Crippen LogP contribution >= 0.6 is 0 Å². The van der Waals surface area contributed by atoms with Gasteiger partial charge in [-0.25, -0.2) is 0 Å². The predicted molar refractivity (Wildman–Crippen MR) is 159 cm³/mol. The lowest BCUT2D eigenvalue weighted by Crippen LogP contribution is -2.74. The molecule has 6 atom stereocenters. The van der Waals surface area contributed by atoms with Crippen LogP contribution in [-0.2, 0) is 23.1 Å². The van der Waals surface area contributed by atoms with Gasteiger partial charge in [-0.1, -0.05) is 54.6 Å². The van der Waals surface area contributed by atoms with Crippen LogP contribution in [0.25, 0.3) is 0 Å². The minimum absolute atomic E-state index is 0.0665. The Bertz CT molecular complexity index is 1460. The summed E-state index contributed by atoms with van der Waals surface area (Å²) in [6, 6.07) is 26.8. The fourth-order valence-corrected chi connectivity index (χ4v) is 10.1. The number of nitrogens with zero attached hydrogens (tertiary/aromatic N) is 2. The zero-order valence-electron chi connectivity index (χ0n) is 24.0. The third-order valence-corrected chi connectivity index (χ3v) is 11.6. The maximum atomic E-state index is 7.58. The molecule has 0 aromatic heterocycles. The lowest BCUT2D eigenvalue weighted by Gasteiger charge is -2.65. The number of fused-ring (bicyclic) bond motifs is 1. The molecule has 0 N–H and O–H groups in total. The van der Waals surface area contributed by atoms with Crippen molar-refractivity contribution in [2.75, 3.05) is 26.7 Å². The first-order valence-corrected chi connectivity index (χ1v) is 15.8.